The smallest absolute Gasteiger partial charge is 0.0823 e. The lowest BCUT2D eigenvalue weighted by molar-refractivity contribution is -0.0124. The Labute approximate surface area is 79.0 Å². The predicted molar refractivity (Wildman–Crippen MR) is 48.5 cm³/mol. The van der Waals surface area contributed by atoms with Crippen LogP contribution < -0.4 is 0 Å². The maximum Gasteiger partial charge on any atom is 0.0823 e. The molecule has 1 aliphatic carbocycles. The molecule has 0 amide bonds. The van der Waals surface area contributed by atoms with Crippen LogP contribution in [0, 0.1) is 11.8 Å². The zero-order chi connectivity index (χ0) is 9.26. The molecule has 1 N–H and O–H groups in total. The Bertz CT molecular complexity index is 166. The van der Waals surface area contributed by atoms with E-state index in [0.29, 0.717) is 18.6 Å². The van der Waals surface area contributed by atoms with Gasteiger partial charge in [-0.3, -0.25) is 0 Å². The maximum absolute atomic E-state index is 9.52. The number of hydrogen-bond donors (Lipinski definition) is 1. The van der Waals surface area contributed by atoms with Crippen LogP contribution in [0.5, 0.6) is 0 Å². The van der Waals surface area contributed by atoms with Gasteiger partial charge < -0.3 is 14.6 Å². The number of ether oxygens (including phenoxy) is 2. The summed E-state index contributed by atoms with van der Waals surface area (Å²) in [4.78, 5) is 0. The van der Waals surface area contributed by atoms with Crippen molar-refractivity contribution in [3.63, 3.8) is 0 Å². The van der Waals surface area contributed by atoms with Crippen LogP contribution in [0.4, 0.5) is 0 Å². The van der Waals surface area contributed by atoms with Gasteiger partial charge >= 0.3 is 0 Å². The van der Waals surface area contributed by atoms with E-state index in [9.17, 15) is 5.11 Å². The average molecular weight is 186 g/mol. The highest BCUT2D eigenvalue weighted by molar-refractivity contribution is 4.85. The standard InChI is InChI=1S/C10H18O3/c1-12-9-3-7(4-9)2-8-5-13-6-10(8)11/h7-11H,2-6H2,1H3. The van der Waals surface area contributed by atoms with Crippen molar-refractivity contribution in [2.45, 2.75) is 31.5 Å². The Morgan fingerprint density at radius 1 is 1.38 bits per heavy atom. The van der Waals surface area contributed by atoms with Crippen molar-refractivity contribution >= 4 is 0 Å². The van der Waals surface area contributed by atoms with Crippen LogP contribution in [-0.4, -0.2) is 37.6 Å². The first-order chi connectivity index (χ1) is 6.29. The van der Waals surface area contributed by atoms with Gasteiger partial charge in [0, 0.05) is 13.0 Å². The second-order valence-electron chi connectivity index (χ2n) is 4.30. The monoisotopic (exact) mass is 186 g/mol. The molecule has 0 bridgehead atoms. The van der Waals surface area contributed by atoms with Gasteiger partial charge in [0.15, 0.2) is 0 Å². The van der Waals surface area contributed by atoms with E-state index < -0.39 is 0 Å². The predicted octanol–water partition coefficient (Wildman–Crippen LogP) is 0.809. The quantitative estimate of drug-likeness (QED) is 0.709. The van der Waals surface area contributed by atoms with Gasteiger partial charge in [0.25, 0.3) is 0 Å². The van der Waals surface area contributed by atoms with E-state index in [1.165, 1.54) is 12.8 Å². The summed E-state index contributed by atoms with van der Waals surface area (Å²) in [6, 6.07) is 0. The Balaban J connectivity index is 1.68. The van der Waals surface area contributed by atoms with Crippen LogP contribution in [0.25, 0.3) is 0 Å². The van der Waals surface area contributed by atoms with E-state index >= 15 is 0 Å². The lowest BCUT2D eigenvalue weighted by atomic mass is 9.76. The van der Waals surface area contributed by atoms with Gasteiger partial charge in [0.2, 0.25) is 0 Å². The first kappa shape index (κ1) is 9.44. The minimum Gasteiger partial charge on any atom is -0.390 e. The van der Waals surface area contributed by atoms with Crippen LogP contribution in [0.3, 0.4) is 0 Å². The Morgan fingerprint density at radius 3 is 2.69 bits per heavy atom. The molecule has 0 radical (unpaired) electrons. The summed E-state index contributed by atoms with van der Waals surface area (Å²) in [5, 5.41) is 9.52. The zero-order valence-corrected chi connectivity index (χ0v) is 8.11. The van der Waals surface area contributed by atoms with E-state index in [1.54, 1.807) is 7.11 Å². The minimum atomic E-state index is -0.221. The summed E-state index contributed by atoms with van der Waals surface area (Å²) in [5.41, 5.74) is 0. The highest BCUT2D eigenvalue weighted by Gasteiger charge is 2.35. The fraction of sp³-hybridized carbons (Fsp3) is 1.00. The highest BCUT2D eigenvalue weighted by Crippen LogP contribution is 2.36. The summed E-state index contributed by atoms with van der Waals surface area (Å²) in [6.07, 6.45) is 3.70. The van der Waals surface area contributed by atoms with Gasteiger partial charge in [-0.1, -0.05) is 0 Å². The number of aliphatic hydroxyl groups excluding tert-OH is 1. The van der Waals surface area contributed by atoms with Crippen molar-refractivity contribution in [3.05, 3.63) is 0 Å². The van der Waals surface area contributed by atoms with Gasteiger partial charge in [-0.2, -0.15) is 0 Å². The number of aliphatic hydroxyl groups is 1. The van der Waals surface area contributed by atoms with E-state index in [0.717, 1.165) is 18.9 Å². The maximum atomic E-state index is 9.52. The van der Waals surface area contributed by atoms with Crippen LogP contribution in [0.1, 0.15) is 19.3 Å². The van der Waals surface area contributed by atoms with Crippen molar-refractivity contribution in [1.82, 2.24) is 0 Å². The Hall–Kier alpha value is -0.120. The topological polar surface area (TPSA) is 38.7 Å². The van der Waals surface area contributed by atoms with Gasteiger partial charge in [0.05, 0.1) is 25.4 Å². The molecule has 2 fully saturated rings. The Kier molecular flexibility index (Phi) is 2.86. The molecule has 2 atom stereocenters. The van der Waals surface area contributed by atoms with Gasteiger partial charge in [-0.05, 0) is 25.2 Å². The van der Waals surface area contributed by atoms with Crippen molar-refractivity contribution in [2.75, 3.05) is 20.3 Å². The van der Waals surface area contributed by atoms with Gasteiger partial charge in [-0.15, -0.1) is 0 Å². The molecule has 0 aromatic carbocycles. The third kappa shape index (κ3) is 2.03. The summed E-state index contributed by atoms with van der Waals surface area (Å²) in [6.45, 7) is 1.28. The van der Waals surface area contributed by atoms with E-state index in [2.05, 4.69) is 0 Å². The molecule has 13 heavy (non-hydrogen) atoms. The van der Waals surface area contributed by atoms with Crippen molar-refractivity contribution < 1.29 is 14.6 Å². The summed E-state index contributed by atoms with van der Waals surface area (Å²) >= 11 is 0. The molecule has 1 heterocycles. The highest BCUT2D eigenvalue weighted by atomic mass is 16.5. The van der Waals surface area contributed by atoms with Crippen LogP contribution >= 0.6 is 0 Å². The molecular formula is C10H18O3. The SMILES string of the molecule is COC1CC(CC2COCC2O)C1. The second kappa shape index (κ2) is 3.95. The summed E-state index contributed by atoms with van der Waals surface area (Å²) < 4.78 is 10.4. The van der Waals surface area contributed by atoms with Crippen LogP contribution in [0.2, 0.25) is 0 Å². The zero-order valence-electron chi connectivity index (χ0n) is 8.11. The van der Waals surface area contributed by atoms with Crippen molar-refractivity contribution in [2.24, 2.45) is 11.8 Å². The van der Waals surface area contributed by atoms with Crippen LogP contribution in [-0.2, 0) is 9.47 Å². The molecule has 0 aromatic heterocycles. The molecule has 2 aliphatic rings. The second-order valence-corrected chi connectivity index (χ2v) is 4.30. The molecule has 3 nitrogen and oxygen atoms in total. The first-order valence-electron chi connectivity index (χ1n) is 5.08. The lowest BCUT2D eigenvalue weighted by Crippen LogP contribution is -2.33. The number of methoxy groups -OCH3 is 1. The van der Waals surface area contributed by atoms with E-state index in [1.807, 2.05) is 0 Å². The molecule has 0 spiro atoms. The first-order valence-corrected chi connectivity index (χ1v) is 5.08. The molecule has 2 rings (SSSR count). The van der Waals surface area contributed by atoms with Crippen molar-refractivity contribution in [1.29, 1.82) is 0 Å². The lowest BCUT2D eigenvalue weighted by Gasteiger charge is -2.35. The molecule has 1 saturated carbocycles. The van der Waals surface area contributed by atoms with Crippen molar-refractivity contribution in [3.8, 4) is 0 Å². The summed E-state index contributed by atoms with van der Waals surface area (Å²) in [7, 11) is 1.77. The van der Waals surface area contributed by atoms with Crippen LogP contribution in [0.15, 0.2) is 0 Å². The third-order valence-corrected chi connectivity index (χ3v) is 3.33. The van der Waals surface area contributed by atoms with Gasteiger partial charge in [0.1, 0.15) is 0 Å². The third-order valence-electron chi connectivity index (χ3n) is 3.33. The molecule has 1 aliphatic heterocycles. The molecule has 3 heteroatoms. The largest absolute Gasteiger partial charge is 0.390 e. The molecule has 76 valence electrons. The fourth-order valence-electron chi connectivity index (χ4n) is 2.30. The Morgan fingerprint density at radius 2 is 2.15 bits per heavy atom. The van der Waals surface area contributed by atoms with E-state index in [-0.39, 0.29) is 6.10 Å². The number of rotatable bonds is 3. The molecule has 2 unspecified atom stereocenters. The average Bonchev–Trinajstić information content (AvgIpc) is 2.43. The van der Waals surface area contributed by atoms with E-state index in [4.69, 9.17) is 9.47 Å². The minimum absolute atomic E-state index is 0.221. The fourth-order valence-corrected chi connectivity index (χ4v) is 2.30. The summed E-state index contributed by atoms with van der Waals surface area (Å²) in [5.74, 6) is 1.13. The van der Waals surface area contributed by atoms with Gasteiger partial charge in [-0.25, -0.2) is 0 Å². The molecule has 1 saturated heterocycles. The molecule has 0 aromatic rings. The normalized spacial score (nSPS) is 44.8. The molecular weight excluding hydrogens is 168 g/mol. The number of hydrogen-bond acceptors (Lipinski definition) is 3.